The normalized spacial score (nSPS) is 19.7. The molecule has 1 unspecified atom stereocenters. The van der Waals surface area contributed by atoms with Gasteiger partial charge in [0.05, 0.1) is 0 Å². The van der Waals surface area contributed by atoms with E-state index >= 15 is 0 Å². The van der Waals surface area contributed by atoms with E-state index in [1.54, 1.807) is 6.07 Å². The number of aliphatic hydroxyl groups is 1. The van der Waals surface area contributed by atoms with Crippen molar-refractivity contribution in [3.8, 4) is 0 Å². The van der Waals surface area contributed by atoms with Crippen LogP contribution < -0.4 is 0 Å². The first-order chi connectivity index (χ1) is 9.77. The molecule has 1 atom stereocenters. The van der Waals surface area contributed by atoms with Crippen LogP contribution in [-0.2, 0) is 6.54 Å². The molecule has 118 valence electrons. The van der Waals surface area contributed by atoms with Crippen molar-refractivity contribution >= 4 is 11.6 Å². The molecule has 0 radical (unpaired) electrons. The van der Waals surface area contributed by atoms with E-state index < -0.39 is 24.0 Å². The summed E-state index contributed by atoms with van der Waals surface area (Å²) in [5.41, 5.74) is 0.743. The zero-order chi connectivity index (χ0) is 15.6. The Labute approximate surface area is 125 Å². The summed E-state index contributed by atoms with van der Waals surface area (Å²) >= 11 is 5.93. The first-order valence-electron chi connectivity index (χ1n) is 6.68. The van der Waals surface area contributed by atoms with Crippen LogP contribution in [-0.4, -0.2) is 35.4 Å². The predicted octanol–water partition coefficient (Wildman–Crippen LogP) is 3.61. The number of rotatable bonds is 3. The molecule has 1 aromatic carbocycles. The molecule has 0 spiro atoms. The van der Waals surface area contributed by atoms with Gasteiger partial charge in [-0.2, -0.15) is 13.2 Å². The molecule has 1 fully saturated rings. The van der Waals surface area contributed by atoms with Gasteiger partial charge < -0.3 is 5.11 Å². The highest BCUT2D eigenvalue weighted by Gasteiger charge is 2.44. The lowest BCUT2D eigenvalue weighted by molar-refractivity contribution is -0.223. The molecule has 1 heterocycles. The highest BCUT2D eigenvalue weighted by Crippen LogP contribution is 2.32. The second-order valence-electron chi connectivity index (χ2n) is 5.34. The van der Waals surface area contributed by atoms with Crippen LogP contribution in [0.15, 0.2) is 18.2 Å². The fourth-order valence-corrected chi connectivity index (χ4v) is 2.81. The number of alkyl halides is 3. The zero-order valence-corrected chi connectivity index (χ0v) is 12.0. The molecule has 1 aliphatic heterocycles. The van der Waals surface area contributed by atoms with Crippen LogP contribution in [0.25, 0.3) is 0 Å². The summed E-state index contributed by atoms with van der Waals surface area (Å²) in [6.45, 7) is 1.37. The molecular formula is C14H16ClF4NO. The van der Waals surface area contributed by atoms with Crippen molar-refractivity contribution in [2.75, 3.05) is 13.1 Å². The van der Waals surface area contributed by atoms with Gasteiger partial charge >= 0.3 is 6.18 Å². The SMILES string of the molecule is OC(C1CCN(Cc2ccc(F)cc2Cl)CC1)C(F)(F)F. The van der Waals surface area contributed by atoms with Gasteiger partial charge in [-0.3, -0.25) is 4.90 Å². The molecule has 1 aromatic rings. The third-order valence-electron chi connectivity index (χ3n) is 3.82. The maximum atomic E-state index is 12.9. The lowest BCUT2D eigenvalue weighted by Crippen LogP contribution is -2.43. The molecule has 1 saturated heterocycles. The molecule has 1 aliphatic rings. The molecule has 0 aliphatic carbocycles. The molecule has 0 amide bonds. The quantitative estimate of drug-likeness (QED) is 0.858. The van der Waals surface area contributed by atoms with Crippen LogP contribution in [0.1, 0.15) is 18.4 Å². The van der Waals surface area contributed by atoms with Crippen LogP contribution in [0.3, 0.4) is 0 Å². The van der Waals surface area contributed by atoms with Crippen molar-refractivity contribution in [1.82, 2.24) is 4.90 Å². The molecule has 0 aromatic heterocycles. The average Bonchev–Trinajstić information content (AvgIpc) is 2.41. The smallest absolute Gasteiger partial charge is 0.383 e. The molecule has 2 nitrogen and oxygen atoms in total. The van der Waals surface area contributed by atoms with Gasteiger partial charge in [-0.1, -0.05) is 17.7 Å². The number of piperidine rings is 1. The monoisotopic (exact) mass is 325 g/mol. The van der Waals surface area contributed by atoms with E-state index in [1.165, 1.54) is 12.1 Å². The number of nitrogens with zero attached hydrogens (tertiary/aromatic N) is 1. The highest BCUT2D eigenvalue weighted by molar-refractivity contribution is 6.31. The van der Waals surface area contributed by atoms with Crippen molar-refractivity contribution in [3.63, 3.8) is 0 Å². The molecule has 0 saturated carbocycles. The molecular weight excluding hydrogens is 310 g/mol. The van der Waals surface area contributed by atoms with Gasteiger partial charge in [0, 0.05) is 11.6 Å². The van der Waals surface area contributed by atoms with Gasteiger partial charge in [-0.05, 0) is 49.5 Å². The Balaban J connectivity index is 1.90. The number of halogens is 5. The van der Waals surface area contributed by atoms with Crippen molar-refractivity contribution in [2.24, 2.45) is 5.92 Å². The Kier molecular flexibility index (Phi) is 5.11. The lowest BCUT2D eigenvalue weighted by Gasteiger charge is -2.34. The third kappa shape index (κ3) is 4.31. The van der Waals surface area contributed by atoms with E-state index in [0.717, 1.165) is 5.56 Å². The van der Waals surface area contributed by atoms with Crippen molar-refractivity contribution in [1.29, 1.82) is 0 Å². The van der Waals surface area contributed by atoms with E-state index in [-0.39, 0.29) is 12.8 Å². The summed E-state index contributed by atoms with van der Waals surface area (Å²) in [6.07, 6.45) is -6.26. The number of likely N-dealkylation sites (tertiary alicyclic amines) is 1. The summed E-state index contributed by atoms with van der Waals surface area (Å²) < 4.78 is 50.3. The van der Waals surface area contributed by atoms with Crippen LogP contribution in [0.2, 0.25) is 5.02 Å². The van der Waals surface area contributed by atoms with Crippen LogP contribution in [0.5, 0.6) is 0 Å². The van der Waals surface area contributed by atoms with Crippen molar-refractivity contribution < 1.29 is 22.7 Å². The van der Waals surface area contributed by atoms with Gasteiger partial charge in [0.2, 0.25) is 0 Å². The van der Waals surface area contributed by atoms with Crippen LogP contribution in [0, 0.1) is 11.7 Å². The molecule has 7 heteroatoms. The molecule has 21 heavy (non-hydrogen) atoms. The molecule has 1 N–H and O–H groups in total. The lowest BCUT2D eigenvalue weighted by atomic mass is 9.90. The Bertz CT molecular complexity index is 486. The largest absolute Gasteiger partial charge is 0.414 e. The van der Waals surface area contributed by atoms with Gasteiger partial charge in [-0.15, -0.1) is 0 Å². The average molecular weight is 326 g/mol. The Hall–Kier alpha value is -0.850. The summed E-state index contributed by atoms with van der Waals surface area (Å²) in [5, 5.41) is 9.57. The van der Waals surface area contributed by atoms with Crippen molar-refractivity contribution in [3.05, 3.63) is 34.6 Å². The molecule has 0 bridgehead atoms. The van der Waals surface area contributed by atoms with E-state index in [2.05, 4.69) is 0 Å². The fraction of sp³-hybridized carbons (Fsp3) is 0.571. The van der Waals surface area contributed by atoms with Crippen LogP contribution in [0.4, 0.5) is 17.6 Å². The minimum Gasteiger partial charge on any atom is -0.383 e. The second kappa shape index (κ2) is 6.50. The standard InChI is InChI=1S/C14H16ClF4NO/c15-12-7-11(16)2-1-10(12)8-20-5-3-9(4-6-20)13(21)14(17,18)19/h1-2,7,9,13,21H,3-6,8H2. The van der Waals surface area contributed by atoms with E-state index in [9.17, 15) is 22.7 Å². The van der Waals surface area contributed by atoms with Gasteiger partial charge in [-0.25, -0.2) is 4.39 Å². The Morgan fingerprint density at radius 1 is 1.29 bits per heavy atom. The Morgan fingerprint density at radius 2 is 1.90 bits per heavy atom. The summed E-state index contributed by atoms with van der Waals surface area (Å²) in [7, 11) is 0. The van der Waals surface area contributed by atoms with Crippen LogP contribution >= 0.6 is 11.6 Å². The predicted molar refractivity (Wildman–Crippen MR) is 71.5 cm³/mol. The number of benzene rings is 1. The number of hydrogen-bond acceptors (Lipinski definition) is 2. The van der Waals surface area contributed by atoms with Gasteiger partial charge in [0.15, 0.2) is 6.10 Å². The third-order valence-corrected chi connectivity index (χ3v) is 4.18. The second-order valence-corrected chi connectivity index (χ2v) is 5.74. The summed E-state index contributed by atoms with van der Waals surface area (Å²) in [5.74, 6) is -1.18. The first-order valence-corrected chi connectivity index (χ1v) is 7.06. The summed E-state index contributed by atoms with van der Waals surface area (Å²) in [4.78, 5) is 1.96. The maximum absolute atomic E-state index is 12.9. The number of hydrogen-bond donors (Lipinski definition) is 1. The fourth-order valence-electron chi connectivity index (χ4n) is 2.58. The topological polar surface area (TPSA) is 23.5 Å². The first kappa shape index (κ1) is 16.5. The van der Waals surface area contributed by atoms with Gasteiger partial charge in [0.25, 0.3) is 0 Å². The van der Waals surface area contributed by atoms with E-state index in [0.29, 0.717) is 24.7 Å². The van der Waals surface area contributed by atoms with E-state index in [1.807, 2.05) is 4.90 Å². The molecule has 2 rings (SSSR count). The maximum Gasteiger partial charge on any atom is 0.414 e. The Morgan fingerprint density at radius 3 is 2.43 bits per heavy atom. The summed E-state index contributed by atoms with van der Waals surface area (Å²) in [6, 6.07) is 4.10. The van der Waals surface area contributed by atoms with Gasteiger partial charge in [0.1, 0.15) is 5.82 Å². The van der Waals surface area contributed by atoms with Crippen molar-refractivity contribution in [2.45, 2.75) is 31.7 Å². The minimum atomic E-state index is -4.56. The number of aliphatic hydroxyl groups excluding tert-OH is 1. The van der Waals surface area contributed by atoms with E-state index in [4.69, 9.17) is 11.6 Å². The zero-order valence-electron chi connectivity index (χ0n) is 11.2. The highest BCUT2D eigenvalue weighted by atomic mass is 35.5. The minimum absolute atomic E-state index is 0.277.